The Morgan fingerprint density at radius 1 is 1.83 bits per heavy atom. The van der Waals surface area contributed by atoms with E-state index < -0.39 is 0 Å². The number of ketones is 1. The summed E-state index contributed by atoms with van der Waals surface area (Å²) in [7, 11) is 0. The monoisotopic (exact) mass is 163 g/mol. The standard InChI is InChI=1S/C8H9N3O/c1-2-11-6-7(5-10-11)8(12)3-4-9/h5-6H,2-3H2,1H3. The lowest BCUT2D eigenvalue weighted by molar-refractivity contribution is 0.0997. The Kier molecular flexibility index (Phi) is 2.59. The van der Waals surface area contributed by atoms with Crippen LogP contribution in [-0.2, 0) is 6.54 Å². The number of aromatic nitrogens is 2. The molecule has 0 fully saturated rings. The summed E-state index contributed by atoms with van der Waals surface area (Å²) in [6.07, 6.45) is 3.07. The molecule has 12 heavy (non-hydrogen) atoms. The van der Waals surface area contributed by atoms with Gasteiger partial charge in [0, 0.05) is 12.7 Å². The first-order valence-electron chi connectivity index (χ1n) is 3.70. The molecule has 0 aliphatic carbocycles. The van der Waals surface area contributed by atoms with Crippen molar-refractivity contribution in [2.24, 2.45) is 0 Å². The van der Waals surface area contributed by atoms with E-state index in [0.29, 0.717) is 5.56 Å². The minimum atomic E-state index is -0.169. The Balaban J connectivity index is 2.76. The van der Waals surface area contributed by atoms with Crippen LogP contribution in [0.3, 0.4) is 0 Å². The lowest BCUT2D eigenvalue weighted by Crippen LogP contribution is -1.96. The van der Waals surface area contributed by atoms with Crippen LogP contribution < -0.4 is 0 Å². The molecule has 0 amide bonds. The molecule has 0 aliphatic rings. The largest absolute Gasteiger partial charge is 0.293 e. The Hall–Kier alpha value is -1.63. The van der Waals surface area contributed by atoms with Gasteiger partial charge >= 0.3 is 0 Å². The smallest absolute Gasteiger partial charge is 0.180 e. The van der Waals surface area contributed by atoms with Crippen molar-refractivity contribution in [1.29, 1.82) is 5.26 Å². The van der Waals surface area contributed by atoms with E-state index in [1.807, 2.05) is 6.92 Å². The van der Waals surface area contributed by atoms with Crippen molar-refractivity contribution in [3.05, 3.63) is 18.0 Å². The zero-order chi connectivity index (χ0) is 8.97. The Morgan fingerprint density at radius 2 is 2.58 bits per heavy atom. The predicted octanol–water partition coefficient (Wildman–Crippen LogP) is 0.999. The summed E-state index contributed by atoms with van der Waals surface area (Å²) in [5.74, 6) is -0.169. The fraction of sp³-hybridized carbons (Fsp3) is 0.375. The third-order valence-electron chi connectivity index (χ3n) is 1.52. The van der Waals surface area contributed by atoms with E-state index in [4.69, 9.17) is 5.26 Å². The van der Waals surface area contributed by atoms with Gasteiger partial charge in [0.25, 0.3) is 0 Å². The lowest BCUT2D eigenvalue weighted by Gasteiger charge is -1.90. The van der Waals surface area contributed by atoms with E-state index in [1.54, 1.807) is 16.9 Å². The minimum Gasteiger partial charge on any atom is -0.293 e. The maximum atomic E-state index is 11.1. The van der Waals surface area contributed by atoms with Gasteiger partial charge in [0.05, 0.1) is 24.3 Å². The topological polar surface area (TPSA) is 58.7 Å². The molecule has 0 atom stereocenters. The molecule has 1 aromatic rings. The molecule has 1 aromatic heterocycles. The fourth-order valence-corrected chi connectivity index (χ4v) is 0.854. The summed E-state index contributed by atoms with van der Waals surface area (Å²) in [5.41, 5.74) is 0.512. The Morgan fingerprint density at radius 3 is 3.08 bits per heavy atom. The van der Waals surface area contributed by atoms with Crippen LogP contribution in [0.5, 0.6) is 0 Å². The quantitative estimate of drug-likeness (QED) is 0.624. The van der Waals surface area contributed by atoms with Crippen LogP contribution in [0.4, 0.5) is 0 Å². The average Bonchev–Trinajstić information content (AvgIpc) is 2.52. The third kappa shape index (κ3) is 1.70. The maximum Gasteiger partial charge on any atom is 0.180 e. The molecule has 4 nitrogen and oxygen atoms in total. The molecule has 0 unspecified atom stereocenters. The number of hydrogen-bond acceptors (Lipinski definition) is 3. The second-order valence-corrected chi connectivity index (χ2v) is 2.34. The van der Waals surface area contributed by atoms with Crippen LogP contribution in [0.15, 0.2) is 12.4 Å². The first-order chi connectivity index (χ1) is 5.77. The first-order valence-corrected chi connectivity index (χ1v) is 3.70. The first kappa shape index (κ1) is 8.47. The van der Waals surface area contributed by atoms with Gasteiger partial charge in [-0.15, -0.1) is 0 Å². The number of carbonyl (C=O) groups excluding carboxylic acids is 1. The molecule has 1 rings (SSSR count). The lowest BCUT2D eigenvalue weighted by atomic mass is 10.2. The minimum absolute atomic E-state index is 0.0740. The van der Waals surface area contributed by atoms with Gasteiger partial charge in [-0.25, -0.2) is 0 Å². The van der Waals surface area contributed by atoms with Gasteiger partial charge in [0.2, 0.25) is 0 Å². The van der Waals surface area contributed by atoms with E-state index in [-0.39, 0.29) is 12.2 Å². The van der Waals surface area contributed by atoms with Gasteiger partial charge in [-0.05, 0) is 6.92 Å². The van der Waals surface area contributed by atoms with Gasteiger partial charge in [-0.3, -0.25) is 9.48 Å². The van der Waals surface area contributed by atoms with Gasteiger partial charge in [0.1, 0.15) is 0 Å². The van der Waals surface area contributed by atoms with Crippen molar-refractivity contribution in [2.45, 2.75) is 19.9 Å². The number of nitrogens with zero attached hydrogens (tertiary/aromatic N) is 3. The van der Waals surface area contributed by atoms with Crippen molar-refractivity contribution in [3.63, 3.8) is 0 Å². The summed E-state index contributed by atoms with van der Waals surface area (Å²) < 4.78 is 1.66. The van der Waals surface area contributed by atoms with E-state index >= 15 is 0 Å². The highest BCUT2D eigenvalue weighted by Gasteiger charge is 2.06. The fourth-order valence-electron chi connectivity index (χ4n) is 0.854. The molecule has 0 radical (unpaired) electrons. The van der Waals surface area contributed by atoms with Crippen molar-refractivity contribution in [2.75, 3.05) is 0 Å². The van der Waals surface area contributed by atoms with Crippen LogP contribution >= 0.6 is 0 Å². The van der Waals surface area contributed by atoms with Crippen LogP contribution in [0.25, 0.3) is 0 Å². The molecule has 0 spiro atoms. The summed E-state index contributed by atoms with van der Waals surface area (Å²) >= 11 is 0. The van der Waals surface area contributed by atoms with E-state index in [2.05, 4.69) is 5.10 Å². The molecule has 0 aliphatic heterocycles. The normalized spacial score (nSPS) is 9.33. The molecule has 0 saturated heterocycles. The molecule has 4 heteroatoms. The summed E-state index contributed by atoms with van der Waals surface area (Å²) in [6, 6.07) is 1.81. The van der Waals surface area contributed by atoms with Crippen LogP contribution in [-0.4, -0.2) is 15.6 Å². The summed E-state index contributed by atoms with van der Waals surface area (Å²) in [6.45, 7) is 2.67. The predicted molar refractivity (Wildman–Crippen MR) is 42.5 cm³/mol. The summed E-state index contributed by atoms with van der Waals surface area (Å²) in [4.78, 5) is 11.1. The average molecular weight is 163 g/mol. The number of nitriles is 1. The van der Waals surface area contributed by atoms with Crippen molar-refractivity contribution < 1.29 is 4.79 Å². The highest BCUT2D eigenvalue weighted by atomic mass is 16.1. The molecular formula is C8H9N3O. The molecule has 0 N–H and O–H groups in total. The van der Waals surface area contributed by atoms with E-state index in [9.17, 15) is 4.79 Å². The zero-order valence-corrected chi connectivity index (χ0v) is 6.82. The molecule has 0 aromatic carbocycles. The van der Waals surface area contributed by atoms with E-state index in [1.165, 1.54) is 6.20 Å². The second kappa shape index (κ2) is 3.67. The SMILES string of the molecule is CCn1cc(C(=O)CC#N)cn1. The number of carbonyl (C=O) groups is 1. The van der Waals surface area contributed by atoms with Crippen LogP contribution in [0.2, 0.25) is 0 Å². The highest BCUT2D eigenvalue weighted by molar-refractivity contribution is 5.96. The number of rotatable bonds is 3. The van der Waals surface area contributed by atoms with Crippen LogP contribution in [0, 0.1) is 11.3 Å². The van der Waals surface area contributed by atoms with Crippen molar-refractivity contribution in [1.82, 2.24) is 9.78 Å². The zero-order valence-electron chi connectivity index (χ0n) is 6.82. The number of aryl methyl sites for hydroxylation is 1. The van der Waals surface area contributed by atoms with Gasteiger partial charge in [-0.1, -0.05) is 0 Å². The molecule has 0 saturated carbocycles. The van der Waals surface area contributed by atoms with Crippen LogP contribution in [0.1, 0.15) is 23.7 Å². The van der Waals surface area contributed by atoms with Gasteiger partial charge in [0.15, 0.2) is 5.78 Å². The van der Waals surface area contributed by atoms with Gasteiger partial charge in [-0.2, -0.15) is 10.4 Å². The third-order valence-corrected chi connectivity index (χ3v) is 1.52. The molecule has 0 bridgehead atoms. The Bertz CT molecular complexity index is 321. The molecular weight excluding hydrogens is 154 g/mol. The van der Waals surface area contributed by atoms with Gasteiger partial charge < -0.3 is 0 Å². The Labute approximate surface area is 70.4 Å². The molecule has 62 valence electrons. The number of hydrogen-bond donors (Lipinski definition) is 0. The summed E-state index contributed by atoms with van der Waals surface area (Å²) in [5, 5.41) is 12.2. The number of Topliss-reactive ketones (excluding diaryl/α,β-unsaturated/α-hetero) is 1. The van der Waals surface area contributed by atoms with E-state index in [0.717, 1.165) is 6.54 Å². The second-order valence-electron chi connectivity index (χ2n) is 2.34. The highest BCUT2D eigenvalue weighted by Crippen LogP contribution is 2.01. The molecule has 1 heterocycles. The maximum absolute atomic E-state index is 11.1. The van der Waals surface area contributed by atoms with Crippen molar-refractivity contribution in [3.8, 4) is 6.07 Å². The van der Waals surface area contributed by atoms with Crippen molar-refractivity contribution >= 4 is 5.78 Å².